The summed E-state index contributed by atoms with van der Waals surface area (Å²) in [5.74, 6) is 0. The fourth-order valence-electron chi connectivity index (χ4n) is 0.720. The predicted molar refractivity (Wildman–Crippen MR) is 33.0 cm³/mol. The van der Waals surface area contributed by atoms with Crippen LogP contribution in [-0.2, 0) is 0 Å². The molecule has 3 heteroatoms. The molecule has 0 aromatic carbocycles. The molecule has 2 heterocycles. The fraction of sp³-hybridized carbons (Fsp3) is 0. The van der Waals surface area contributed by atoms with Gasteiger partial charge in [0.1, 0.15) is 0 Å². The Bertz CT molecular complexity index is 355. The molecule has 0 amide bonds. The number of hydrogen-bond donors (Lipinski definition) is 0. The molecule has 0 aliphatic carbocycles. The maximum Gasteiger partial charge on any atom is 0.153 e. The first-order chi connectivity index (χ1) is 4.86. The molecule has 3 nitrogen and oxygen atoms in total. The van der Waals surface area contributed by atoms with E-state index in [4.69, 9.17) is 1.37 Å². The first-order valence-electron chi connectivity index (χ1n) is 3.13. The van der Waals surface area contributed by atoms with Crippen LogP contribution in [0.15, 0.2) is 30.7 Å². The lowest BCUT2D eigenvalue weighted by Crippen LogP contribution is -1.85. The van der Waals surface area contributed by atoms with Crippen LogP contribution < -0.4 is 0 Å². The van der Waals surface area contributed by atoms with Gasteiger partial charge in [0, 0.05) is 18.6 Å². The summed E-state index contributed by atoms with van der Waals surface area (Å²) in [6.45, 7) is 0. The highest BCUT2D eigenvalue weighted by Crippen LogP contribution is 1.93. The van der Waals surface area contributed by atoms with E-state index in [2.05, 4.69) is 10.1 Å². The third-order valence-electron chi connectivity index (χ3n) is 1.12. The highest BCUT2D eigenvalue weighted by Gasteiger charge is 1.86. The van der Waals surface area contributed by atoms with E-state index in [-0.39, 0.29) is 6.17 Å². The van der Waals surface area contributed by atoms with Crippen LogP contribution in [0.5, 0.6) is 0 Å². The summed E-state index contributed by atoms with van der Waals surface area (Å²) >= 11 is 0. The monoisotopic (exact) mass is 120 g/mol. The molecule has 0 aliphatic rings. The van der Waals surface area contributed by atoms with Crippen LogP contribution in [0.3, 0.4) is 0 Å². The van der Waals surface area contributed by atoms with Crippen LogP contribution in [0, 0.1) is 0 Å². The molecule has 0 aliphatic heterocycles. The van der Waals surface area contributed by atoms with Gasteiger partial charge in [-0.2, -0.15) is 5.10 Å². The molecule has 0 fully saturated rings. The number of hydrogen-bond acceptors (Lipinski definition) is 2. The van der Waals surface area contributed by atoms with Crippen molar-refractivity contribution in [2.45, 2.75) is 0 Å². The van der Waals surface area contributed by atoms with Crippen molar-refractivity contribution < 1.29 is 1.37 Å². The van der Waals surface area contributed by atoms with Crippen molar-refractivity contribution >= 4 is 5.65 Å². The molecule has 2 rings (SSSR count). The Kier molecular flexibility index (Phi) is 0.621. The standard InChI is InChI=1S/C6H5N3/c1-2-6-7-4-5-9(6)8-3-1/h1-5H/i3D. The number of imidazole rings is 1. The van der Waals surface area contributed by atoms with Crippen LogP contribution >= 0.6 is 0 Å². The Morgan fingerprint density at radius 1 is 1.67 bits per heavy atom. The van der Waals surface area contributed by atoms with E-state index >= 15 is 0 Å². The summed E-state index contributed by atoms with van der Waals surface area (Å²) < 4.78 is 8.73. The first kappa shape index (κ1) is 3.61. The van der Waals surface area contributed by atoms with Crippen molar-refractivity contribution in [3.8, 4) is 0 Å². The second kappa shape index (κ2) is 1.55. The molecule has 0 atom stereocenters. The Morgan fingerprint density at radius 3 is 3.67 bits per heavy atom. The normalized spacial score (nSPS) is 11.8. The van der Waals surface area contributed by atoms with Gasteiger partial charge in [0.05, 0.1) is 1.37 Å². The zero-order chi connectivity index (χ0) is 6.97. The zero-order valence-electron chi connectivity index (χ0n) is 5.65. The second-order valence-corrected chi connectivity index (χ2v) is 1.69. The molecule has 0 unspecified atom stereocenters. The van der Waals surface area contributed by atoms with Gasteiger partial charge < -0.3 is 0 Å². The van der Waals surface area contributed by atoms with Crippen LogP contribution in [0.25, 0.3) is 5.65 Å². The largest absolute Gasteiger partial charge is 0.236 e. The molecular formula is C6H5N3. The molecule has 0 bridgehead atoms. The van der Waals surface area contributed by atoms with Gasteiger partial charge in [-0.25, -0.2) is 9.50 Å². The van der Waals surface area contributed by atoms with Crippen molar-refractivity contribution in [2.75, 3.05) is 0 Å². The summed E-state index contributed by atoms with van der Waals surface area (Å²) in [4.78, 5) is 3.98. The van der Waals surface area contributed by atoms with Gasteiger partial charge in [-0.15, -0.1) is 0 Å². The Labute approximate surface area is 53.4 Å². The summed E-state index contributed by atoms with van der Waals surface area (Å²) in [7, 11) is 0. The van der Waals surface area contributed by atoms with Crippen molar-refractivity contribution in [3.05, 3.63) is 30.7 Å². The van der Waals surface area contributed by atoms with E-state index in [1.165, 1.54) is 0 Å². The molecule has 2 aromatic rings. The minimum absolute atomic E-state index is 0.255. The van der Waals surface area contributed by atoms with Gasteiger partial charge in [0.2, 0.25) is 0 Å². The second-order valence-electron chi connectivity index (χ2n) is 1.69. The SMILES string of the molecule is [2H]c1ccc2nccn2n1. The lowest BCUT2D eigenvalue weighted by Gasteiger charge is -1.85. The molecule has 2 aromatic heterocycles. The van der Waals surface area contributed by atoms with Crippen molar-refractivity contribution in [1.82, 2.24) is 14.6 Å². The molecule has 0 saturated carbocycles. The van der Waals surface area contributed by atoms with Crippen molar-refractivity contribution in [2.24, 2.45) is 0 Å². The molecule has 0 radical (unpaired) electrons. The number of fused-ring (bicyclic) bond motifs is 1. The van der Waals surface area contributed by atoms with E-state index in [1.807, 2.05) is 0 Å². The smallest absolute Gasteiger partial charge is 0.153 e. The molecule has 9 heavy (non-hydrogen) atoms. The summed E-state index contributed by atoms with van der Waals surface area (Å²) in [6.07, 6.45) is 3.63. The number of rotatable bonds is 0. The predicted octanol–water partition coefficient (Wildman–Crippen LogP) is 0.729. The molecule has 0 spiro atoms. The maximum atomic E-state index is 7.16. The lowest BCUT2D eigenvalue weighted by molar-refractivity contribution is 0.936. The Morgan fingerprint density at radius 2 is 2.67 bits per heavy atom. The van der Waals surface area contributed by atoms with Gasteiger partial charge in [0.25, 0.3) is 0 Å². The van der Waals surface area contributed by atoms with Crippen LogP contribution in [0.2, 0.25) is 0 Å². The topological polar surface area (TPSA) is 30.2 Å². The summed E-state index contributed by atoms with van der Waals surface area (Å²) in [5.41, 5.74) is 0.774. The van der Waals surface area contributed by atoms with E-state index in [0.717, 1.165) is 5.65 Å². The quantitative estimate of drug-likeness (QED) is 0.513. The van der Waals surface area contributed by atoms with Gasteiger partial charge in [-0.1, -0.05) is 0 Å². The molecule has 0 N–H and O–H groups in total. The van der Waals surface area contributed by atoms with Crippen molar-refractivity contribution in [3.63, 3.8) is 0 Å². The maximum absolute atomic E-state index is 7.16. The Balaban J connectivity index is 2.86. The molecule has 0 saturated heterocycles. The zero-order valence-corrected chi connectivity index (χ0v) is 4.65. The average Bonchev–Trinajstić information content (AvgIpc) is 2.33. The fourth-order valence-corrected chi connectivity index (χ4v) is 0.720. The highest BCUT2D eigenvalue weighted by molar-refractivity contribution is 5.34. The van der Waals surface area contributed by atoms with E-state index in [9.17, 15) is 0 Å². The van der Waals surface area contributed by atoms with Crippen molar-refractivity contribution in [1.29, 1.82) is 0 Å². The minimum atomic E-state index is 0.255. The first-order valence-corrected chi connectivity index (χ1v) is 2.63. The van der Waals surface area contributed by atoms with E-state index in [1.54, 1.807) is 29.0 Å². The van der Waals surface area contributed by atoms with Gasteiger partial charge in [0.15, 0.2) is 5.65 Å². The van der Waals surface area contributed by atoms with Crippen LogP contribution in [-0.4, -0.2) is 14.6 Å². The molecule has 44 valence electrons. The van der Waals surface area contributed by atoms with Gasteiger partial charge in [-0.05, 0) is 12.1 Å². The summed E-state index contributed by atoms with van der Waals surface area (Å²) in [6, 6.07) is 3.37. The summed E-state index contributed by atoms with van der Waals surface area (Å²) in [5, 5.41) is 3.86. The third kappa shape index (κ3) is 0.579. The lowest BCUT2D eigenvalue weighted by atomic mass is 10.6. The Hall–Kier alpha value is -1.38. The third-order valence-corrected chi connectivity index (χ3v) is 1.12. The van der Waals surface area contributed by atoms with Gasteiger partial charge in [-0.3, -0.25) is 0 Å². The minimum Gasteiger partial charge on any atom is -0.236 e. The number of aromatic nitrogens is 3. The molecular weight excluding hydrogens is 114 g/mol. The van der Waals surface area contributed by atoms with E-state index in [0.29, 0.717) is 0 Å². The van der Waals surface area contributed by atoms with Crippen LogP contribution in [0.4, 0.5) is 0 Å². The van der Waals surface area contributed by atoms with Gasteiger partial charge >= 0.3 is 0 Å². The highest BCUT2D eigenvalue weighted by atomic mass is 15.2. The number of nitrogens with zero attached hydrogens (tertiary/aromatic N) is 3. The average molecular weight is 120 g/mol. The van der Waals surface area contributed by atoms with E-state index < -0.39 is 0 Å². The van der Waals surface area contributed by atoms with Crippen LogP contribution in [0.1, 0.15) is 1.37 Å².